The first-order valence-electron chi connectivity index (χ1n) is 5.15. The normalized spacial score (nSPS) is 31.8. The van der Waals surface area contributed by atoms with E-state index in [2.05, 4.69) is 10.2 Å². The van der Waals surface area contributed by atoms with E-state index in [1.54, 1.807) is 0 Å². The van der Waals surface area contributed by atoms with Gasteiger partial charge in [0, 0.05) is 37.2 Å². The first kappa shape index (κ1) is 10.1. The van der Waals surface area contributed by atoms with Gasteiger partial charge in [-0.1, -0.05) is 21.6 Å². The van der Waals surface area contributed by atoms with Crippen molar-refractivity contribution in [3.05, 3.63) is 0 Å². The summed E-state index contributed by atoms with van der Waals surface area (Å²) < 4.78 is 0. The molecule has 13 heavy (non-hydrogen) atoms. The molecule has 0 aromatic carbocycles. The molecule has 0 aromatic rings. The van der Waals surface area contributed by atoms with Crippen LogP contribution in [0.1, 0.15) is 12.8 Å². The third-order valence-electron chi connectivity index (χ3n) is 2.71. The maximum Gasteiger partial charge on any atom is 0.0195 e. The van der Waals surface area contributed by atoms with Gasteiger partial charge in [-0.3, -0.25) is 0 Å². The number of hydrogen-bond donors (Lipinski definition) is 1. The molecule has 0 aromatic heterocycles. The minimum Gasteiger partial charge on any atom is -0.313 e. The van der Waals surface area contributed by atoms with Gasteiger partial charge in [0.05, 0.1) is 0 Å². The van der Waals surface area contributed by atoms with Gasteiger partial charge < -0.3 is 10.2 Å². The van der Waals surface area contributed by atoms with Crippen LogP contribution in [0.4, 0.5) is 0 Å². The highest BCUT2D eigenvalue weighted by Crippen LogP contribution is 2.24. The second-order valence-corrected chi connectivity index (χ2v) is 6.44. The molecular weight excluding hydrogens is 200 g/mol. The zero-order valence-corrected chi connectivity index (χ0v) is 9.63. The molecule has 0 amide bonds. The van der Waals surface area contributed by atoms with E-state index in [1.807, 2.05) is 21.6 Å². The highest BCUT2D eigenvalue weighted by Gasteiger charge is 2.18. The number of hydrogen-bond acceptors (Lipinski definition) is 4. The SMILES string of the molecule is C1CNC(CN2CCSSCC2)C1. The quantitative estimate of drug-likeness (QED) is 0.705. The monoisotopic (exact) mass is 218 g/mol. The third kappa shape index (κ3) is 3.35. The van der Waals surface area contributed by atoms with Gasteiger partial charge in [0.1, 0.15) is 0 Å². The van der Waals surface area contributed by atoms with Crippen LogP contribution in [0.2, 0.25) is 0 Å². The molecule has 1 N–H and O–H groups in total. The van der Waals surface area contributed by atoms with Gasteiger partial charge in [0.15, 0.2) is 0 Å². The Morgan fingerprint density at radius 1 is 1.23 bits per heavy atom. The van der Waals surface area contributed by atoms with Gasteiger partial charge >= 0.3 is 0 Å². The van der Waals surface area contributed by atoms with Crippen LogP contribution in [0, 0.1) is 0 Å². The first-order chi connectivity index (χ1) is 6.45. The van der Waals surface area contributed by atoms with Crippen molar-refractivity contribution in [2.75, 3.05) is 37.7 Å². The van der Waals surface area contributed by atoms with Gasteiger partial charge in [0.2, 0.25) is 0 Å². The molecular formula is C9H18N2S2. The maximum atomic E-state index is 3.57. The van der Waals surface area contributed by atoms with Crippen LogP contribution in [0.15, 0.2) is 0 Å². The second-order valence-electron chi connectivity index (χ2n) is 3.74. The van der Waals surface area contributed by atoms with E-state index < -0.39 is 0 Å². The van der Waals surface area contributed by atoms with Crippen LogP contribution >= 0.6 is 21.6 Å². The molecule has 76 valence electrons. The Labute approximate surface area is 88.6 Å². The Kier molecular flexibility index (Phi) is 4.28. The summed E-state index contributed by atoms with van der Waals surface area (Å²) in [7, 11) is 4.06. The Balaban J connectivity index is 1.71. The molecule has 2 aliphatic rings. The predicted octanol–water partition coefficient (Wildman–Crippen LogP) is 1.44. The van der Waals surface area contributed by atoms with Crippen molar-refractivity contribution >= 4 is 21.6 Å². The average molecular weight is 218 g/mol. The molecule has 4 heteroatoms. The van der Waals surface area contributed by atoms with E-state index in [4.69, 9.17) is 0 Å². The standard InChI is InChI=1S/C9H18N2S2/c1-2-9(10-3-1)8-11-4-6-12-13-7-5-11/h9-10H,1-8H2. The van der Waals surface area contributed by atoms with Crippen LogP contribution in [0.3, 0.4) is 0 Å². The maximum absolute atomic E-state index is 3.57. The lowest BCUT2D eigenvalue weighted by molar-refractivity contribution is 0.279. The van der Waals surface area contributed by atoms with Gasteiger partial charge in [0.25, 0.3) is 0 Å². The highest BCUT2D eigenvalue weighted by atomic mass is 33.1. The van der Waals surface area contributed by atoms with Gasteiger partial charge in [-0.15, -0.1) is 0 Å². The van der Waals surface area contributed by atoms with E-state index in [9.17, 15) is 0 Å². The van der Waals surface area contributed by atoms with Gasteiger partial charge in [-0.05, 0) is 19.4 Å². The lowest BCUT2D eigenvalue weighted by atomic mass is 10.2. The van der Waals surface area contributed by atoms with E-state index in [0.29, 0.717) is 0 Å². The average Bonchev–Trinajstić information content (AvgIpc) is 2.49. The molecule has 0 aliphatic carbocycles. The van der Waals surface area contributed by atoms with Crippen molar-refractivity contribution in [2.45, 2.75) is 18.9 Å². The minimum absolute atomic E-state index is 0.785. The van der Waals surface area contributed by atoms with E-state index in [1.165, 1.54) is 50.5 Å². The molecule has 0 bridgehead atoms. The molecule has 2 fully saturated rings. The van der Waals surface area contributed by atoms with Crippen LogP contribution in [0.5, 0.6) is 0 Å². The molecule has 2 heterocycles. The summed E-state index contributed by atoms with van der Waals surface area (Å²) in [5, 5.41) is 3.57. The fraction of sp³-hybridized carbons (Fsp3) is 1.00. The summed E-state index contributed by atoms with van der Waals surface area (Å²) >= 11 is 0. The van der Waals surface area contributed by atoms with Crippen molar-refractivity contribution in [1.29, 1.82) is 0 Å². The van der Waals surface area contributed by atoms with E-state index in [-0.39, 0.29) is 0 Å². The summed E-state index contributed by atoms with van der Waals surface area (Å²) in [6.07, 6.45) is 2.76. The van der Waals surface area contributed by atoms with Crippen molar-refractivity contribution in [3.63, 3.8) is 0 Å². The molecule has 0 spiro atoms. The summed E-state index contributed by atoms with van der Waals surface area (Å²) in [4.78, 5) is 2.62. The molecule has 2 aliphatic heterocycles. The van der Waals surface area contributed by atoms with Crippen molar-refractivity contribution in [3.8, 4) is 0 Å². The molecule has 2 nitrogen and oxygen atoms in total. The summed E-state index contributed by atoms with van der Waals surface area (Å²) in [6, 6.07) is 0.785. The molecule has 0 radical (unpaired) electrons. The minimum atomic E-state index is 0.785. The van der Waals surface area contributed by atoms with Gasteiger partial charge in [-0.25, -0.2) is 0 Å². The molecule has 0 saturated carbocycles. The predicted molar refractivity (Wildman–Crippen MR) is 62.4 cm³/mol. The van der Waals surface area contributed by atoms with Gasteiger partial charge in [-0.2, -0.15) is 0 Å². The number of nitrogens with one attached hydrogen (secondary N) is 1. The zero-order chi connectivity index (χ0) is 8.93. The van der Waals surface area contributed by atoms with E-state index >= 15 is 0 Å². The number of nitrogens with zero attached hydrogens (tertiary/aromatic N) is 1. The first-order valence-corrected chi connectivity index (χ1v) is 7.64. The Hall–Kier alpha value is 0.620. The fourth-order valence-corrected chi connectivity index (χ4v) is 4.02. The van der Waals surface area contributed by atoms with Crippen LogP contribution in [0.25, 0.3) is 0 Å². The number of rotatable bonds is 2. The molecule has 1 atom stereocenters. The van der Waals surface area contributed by atoms with Crippen molar-refractivity contribution in [1.82, 2.24) is 10.2 Å². The smallest absolute Gasteiger partial charge is 0.0195 e. The molecule has 2 rings (SSSR count). The topological polar surface area (TPSA) is 15.3 Å². The highest BCUT2D eigenvalue weighted by molar-refractivity contribution is 8.76. The lowest BCUT2D eigenvalue weighted by Crippen LogP contribution is -2.39. The Morgan fingerprint density at radius 2 is 2.00 bits per heavy atom. The fourth-order valence-electron chi connectivity index (χ4n) is 1.97. The zero-order valence-electron chi connectivity index (χ0n) is 8.00. The second kappa shape index (κ2) is 5.49. The van der Waals surface area contributed by atoms with Crippen LogP contribution in [-0.4, -0.2) is 48.6 Å². The van der Waals surface area contributed by atoms with Crippen molar-refractivity contribution in [2.24, 2.45) is 0 Å². The summed E-state index contributed by atoms with van der Waals surface area (Å²) in [6.45, 7) is 5.09. The largest absolute Gasteiger partial charge is 0.313 e. The van der Waals surface area contributed by atoms with Crippen molar-refractivity contribution < 1.29 is 0 Å². The lowest BCUT2D eigenvalue weighted by Gasteiger charge is -2.22. The summed E-state index contributed by atoms with van der Waals surface area (Å²) in [5.41, 5.74) is 0. The van der Waals surface area contributed by atoms with Crippen LogP contribution in [-0.2, 0) is 0 Å². The van der Waals surface area contributed by atoms with E-state index in [0.717, 1.165) is 6.04 Å². The Bertz CT molecular complexity index is 141. The molecule has 1 unspecified atom stereocenters. The van der Waals surface area contributed by atoms with Crippen LogP contribution < -0.4 is 5.32 Å². The molecule has 2 saturated heterocycles. The Morgan fingerprint density at radius 3 is 2.62 bits per heavy atom. The third-order valence-corrected chi connectivity index (χ3v) is 5.07. The summed E-state index contributed by atoms with van der Waals surface area (Å²) in [5.74, 6) is 2.61.